The van der Waals surface area contributed by atoms with Gasteiger partial charge < -0.3 is 10.2 Å². The first-order chi connectivity index (χ1) is 6.89. The molecule has 0 aromatic rings. The van der Waals surface area contributed by atoms with Crippen LogP contribution in [0.2, 0.25) is 0 Å². The Morgan fingerprint density at radius 3 is 2.33 bits per heavy atom. The van der Waals surface area contributed by atoms with E-state index in [1.807, 2.05) is 7.05 Å². The molecule has 0 atom stereocenters. The van der Waals surface area contributed by atoms with Crippen LogP contribution in [0.25, 0.3) is 0 Å². The minimum Gasteiger partial charge on any atom is -0.319 e. The van der Waals surface area contributed by atoms with Crippen molar-refractivity contribution < 1.29 is 8.42 Å². The molecule has 0 amide bonds. The summed E-state index contributed by atoms with van der Waals surface area (Å²) in [6.07, 6.45) is 0. The lowest BCUT2D eigenvalue weighted by Crippen LogP contribution is -2.38. The Balaban J connectivity index is 3.75. The molecule has 6 heteroatoms. The summed E-state index contributed by atoms with van der Waals surface area (Å²) in [7, 11) is 0.613. The Hall–Kier alpha value is -0.170. The molecular formula is C9H23N3O2S. The molecule has 0 aliphatic rings. The van der Waals surface area contributed by atoms with Gasteiger partial charge in [-0.3, -0.25) is 0 Å². The van der Waals surface area contributed by atoms with Crippen molar-refractivity contribution in [1.82, 2.24) is 14.9 Å². The third-order valence-electron chi connectivity index (χ3n) is 2.29. The van der Waals surface area contributed by atoms with Crippen LogP contribution in [0.3, 0.4) is 0 Å². The summed E-state index contributed by atoms with van der Waals surface area (Å²) in [5, 5.41) is 2.81. The number of hydrogen-bond donors (Lipinski definition) is 2. The molecule has 92 valence electrons. The van der Waals surface area contributed by atoms with Gasteiger partial charge >= 0.3 is 0 Å². The third kappa shape index (κ3) is 7.72. The van der Waals surface area contributed by atoms with Gasteiger partial charge in [-0.1, -0.05) is 0 Å². The Morgan fingerprint density at radius 1 is 1.27 bits per heavy atom. The normalized spacial score (nSPS) is 12.7. The third-order valence-corrected chi connectivity index (χ3v) is 3.67. The van der Waals surface area contributed by atoms with E-state index in [-0.39, 0.29) is 5.75 Å². The average Bonchev–Trinajstić information content (AvgIpc) is 2.14. The van der Waals surface area contributed by atoms with Crippen molar-refractivity contribution in [2.75, 3.05) is 39.5 Å². The van der Waals surface area contributed by atoms with Crippen molar-refractivity contribution in [3.8, 4) is 0 Å². The van der Waals surface area contributed by atoms with Gasteiger partial charge in [0.25, 0.3) is 0 Å². The zero-order valence-electron chi connectivity index (χ0n) is 10.1. The molecule has 0 aliphatic heterocycles. The highest BCUT2D eigenvalue weighted by Gasteiger charge is 2.09. The van der Waals surface area contributed by atoms with Crippen molar-refractivity contribution >= 4 is 10.0 Å². The van der Waals surface area contributed by atoms with E-state index in [4.69, 9.17) is 0 Å². The Kier molecular flexibility index (Phi) is 7.08. The fourth-order valence-corrected chi connectivity index (χ4v) is 1.96. The van der Waals surface area contributed by atoms with E-state index < -0.39 is 10.0 Å². The van der Waals surface area contributed by atoms with Gasteiger partial charge in [-0.05, 0) is 27.9 Å². The Labute approximate surface area is 93.3 Å². The molecule has 0 spiro atoms. The Bertz CT molecular complexity index is 252. The van der Waals surface area contributed by atoms with E-state index in [9.17, 15) is 8.42 Å². The summed E-state index contributed by atoms with van der Waals surface area (Å²) in [5.74, 6) is 0.134. The SMILES string of the molecule is CNCCS(=O)(=O)NCCN(C)C(C)C. The average molecular weight is 237 g/mol. The standard InChI is InChI=1S/C9H23N3O2S/c1-9(2)12(4)7-5-11-15(13,14)8-6-10-3/h9-11H,5-8H2,1-4H3. The van der Waals surface area contributed by atoms with Crippen LogP contribution in [-0.4, -0.2) is 58.8 Å². The monoisotopic (exact) mass is 237 g/mol. The van der Waals surface area contributed by atoms with E-state index in [0.29, 0.717) is 19.1 Å². The molecule has 0 aliphatic carbocycles. The van der Waals surface area contributed by atoms with Crippen molar-refractivity contribution in [1.29, 1.82) is 0 Å². The molecule has 2 N–H and O–H groups in total. The molecule has 0 aromatic carbocycles. The molecule has 0 saturated carbocycles. The van der Waals surface area contributed by atoms with Crippen LogP contribution in [0.4, 0.5) is 0 Å². The van der Waals surface area contributed by atoms with E-state index in [1.54, 1.807) is 7.05 Å². The van der Waals surface area contributed by atoms with E-state index in [1.165, 1.54) is 0 Å². The fraction of sp³-hybridized carbons (Fsp3) is 1.00. The van der Waals surface area contributed by atoms with Gasteiger partial charge in [0.2, 0.25) is 10.0 Å². The van der Waals surface area contributed by atoms with Crippen molar-refractivity contribution in [3.05, 3.63) is 0 Å². The molecule has 0 saturated heterocycles. The minimum absolute atomic E-state index is 0.134. The number of nitrogens with one attached hydrogen (secondary N) is 2. The first-order valence-electron chi connectivity index (χ1n) is 5.21. The quantitative estimate of drug-likeness (QED) is 0.595. The fourth-order valence-electron chi connectivity index (χ4n) is 0.944. The van der Waals surface area contributed by atoms with Gasteiger partial charge in [-0.15, -0.1) is 0 Å². The van der Waals surface area contributed by atoms with Gasteiger partial charge in [-0.2, -0.15) is 0 Å². The number of nitrogens with zero attached hydrogens (tertiary/aromatic N) is 1. The zero-order valence-corrected chi connectivity index (χ0v) is 10.9. The molecule has 0 radical (unpaired) electrons. The minimum atomic E-state index is -3.10. The molecule has 5 nitrogen and oxygen atoms in total. The molecule has 0 bridgehead atoms. The molecule has 0 fully saturated rings. The van der Waals surface area contributed by atoms with Crippen LogP contribution in [-0.2, 0) is 10.0 Å². The second kappa shape index (κ2) is 7.16. The van der Waals surface area contributed by atoms with Crippen LogP contribution in [0.15, 0.2) is 0 Å². The number of likely N-dealkylation sites (N-methyl/N-ethyl adjacent to an activating group) is 1. The number of sulfonamides is 1. The van der Waals surface area contributed by atoms with E-state index >= 15 is 0 Å². The predicted molar refractivity (Wildman–Crippen MR) is 63.5 cm³/mol. The zero-order chi connectivity index (χ0) is 11.9. The number of rotatable bonds is 8. The summed E-state index contributed by atoms with van der Waals surface area (Å²) in [6, 6.07) is 0.437. The van der Waals surface area contributed by atoms with Gasteiger partial charge in [0, 0.05) is 25.7 Å². The van der Waals surface area contributed by atoms with Gasteiger partial charge in [-0.25, -0.2) is 13.1 Å². The summed E-state index contributed by atoms with van der Waals surface area (Å²) < 4.78 is 25.3. The lowest BCUT2D eigenvalue weighted by Gasteiger charge is -2.20. The summed E-state index contributed by atoms with van der Waals surface area (Å²) in [6.45, 7) is 5.84. The lowest BCUT2D eigenvalue weighted by molar-refractivity contribution is 0.278. The summed E-state index contributed by atoms with van der Waals surface area (Å²) >= 11 is 0. The summed E-state index contributed by atoms with van der Waals surface area (Å²) in [4.78, 5) is 2.10. The molecule has 0 aromatic heterocycles. The summed E-state index contributed by atoms with van der Waals surface area (Å²) in [5.41, 5.74) is 0. The topological polar surface area (TPSA) is 61.4 Å². The smallest absolute Gasteiger partial charge is 0.212 e. The molecule has 0 rings (SSSR count). The van der Waals surface area contributed by atoms with Crippen molar-refractivity contribution in [2.24, 2.45) is 0 Å². The molecular weight excluding hydrogens is 214 g/mol. The van der Waals surface area contributed by atoms with Crippen LogP contribution in [0.5, 0.6) is 0 Å². The first-order valence-corrected chi connectivity index (χ1v) is 6.86. The van der Waals surface area contributed by atoms with Crippen LogP contribution >= 0.6 is 0 Å². The second-order valence-electron chi connectivity index (χ2n) is 3.89. The maximum absolute atomic E-state index is 11.4. The largest absolute Gasteiger partial charge is 0.319 e. The van der Waals surface area contributed by atoms with Crippen molar-refractivity contribution in [3.63, 3.8) is 0 Å². The maximum atomic E-state index is 11.4. The highest BCUT2D eigenvalue weighted by Crippen LogP contribution is 1.91. The van der Waals surface area contributed by atoms with Crippen LogP contribution in [0.1, 0.15) is 13.8 Å². The highest BCUT2D eigenvalue weighted by atomic mass is 32.2. The highest BCUT2D eigenvalue weighted by molar-refractivity contribution is 7.89. The maximum Gasteiger partial charge on any atom is 0.212 e. The molecule has 15 heavy (non-hydrogen) atoms. The van der Waals surface area contributed by atoms with Gasteiger partial charge in [0.15, 0.2) is 0 Å². The van der Waals surface area contributed by atoms with Crippen LogP contribution in [0, 0.1) is 0 Å². The van der Waals surface area contributed by atoms with Gasteiger partial charge in [0.05, 0.1) is 5.75 Å². The lowest BCUT2D eigenvalue weighted by atomic mass is 10.3. The van der Waals surface area contributed by atoms with Crippen LogP contribution < -0.4 is 10.0 Å². The van der Waals surface area contributed by atoms with E-state index in [2.05, 4.69) is 28.8 Å². The predicted octanol–water partition coefficient (Wildman–Crippen LogP) is -0.535. The van der Waals surface area contributed by atoms with Gasteiger partial charge in [0.1, 0.15) is 0 Å². The molecule has 0 heterocycles. The molecule has 0 unspecified atom stereocenters. The second-order valence-corrected chi connectivity index (χ2v) is 5.82. The Morgan fingerprint density at radius 2 is 1.87 bits per heavy atom. The van der Waals surface area contributed by atoms with Crippen molar-refractivity contribution in [2.45, 2.75) is 19.9 Å². The number of hydrogen-bond acceptors (Lipinski definition) is 4. The van der Waals surface area contributed by atoms with E-state index in [0.717, 1.165) is 6.54 Å². The first kappa shape index (κ1) is 14.8.